The van der Waals surface area contributed by atoms with E-state index in [9.17, 15) is 14.4 Å². The van der Waals surface area contributed by atoms with E-state index in [1.165, 1.54) is 17.0 Å². The monoisotopic (exact) mass is 330 g/mol. The molecule has 21 heavy (non-hydrogen) atoms. The first-order chi connectivity index (χ1) is 9.90. The number of anilines is 1. The minimum atomic E-state index is -1.30. The van der Waals surface area contributed by atoms with Crippen LogP contribution in [0, 0.1) is 0 Å². The Labute approximate surface area is 130 Å². The minimum absolute atomic E-state index is 0.0283. The van der Waals surface area contributed by atoms with E-state index in [0.717, 1.165) is 0 Å². The van der Waals surface area contributed by atoms with Crippen molar-refractivity contribution >= 4 is 46.7 Å². The molecule has 0 spiro atoms. The van der Waals surface area contributed by atoms with Gasteiger partial charge in [-0.1, -0.05) is 23.2 Å². The summed E-state index contributed by atoms with van der Waals surface area (Å²) in [6.45, 7) is 0.377. The van der Waals surface area contributed by atoms with Crippen molar-refractivity contribution < 1.29 is 19.5 Å². The number of amides is 2. The van der Waals surface area contributed by atoms with Crippen LogP contribution in [0.15, 0.2) is 12.1 Å². The van der Waals surface area contributed by atoms with E-state index >= 15 is 0 Å². The number of benzene rings is 1. The highest BCUT2D eigenvalue weighted by Crippen LogP contribution is 2.32. The molecular weight excluding hydrogens is 319 g/mol. The van der Waals surface area contributed by atoms with Crippen molar-refractivity contribution in [1.82, 2.24) is 4.90 Å². The molecule has 0 bridgehead atoms. The molecule has 0 radical (unpaired) electrons. The number of carboxylic acids is 1. The number of carbonyl (C=O) groups is 3. The van der Waals surface area contributed by atoms with E-state index in [1.54, 1.807) is 0 Å². The Morgan fingerprint density at radius 2 is 1.95 bits per heavy atom. The molecule has 0 unspecified atom stereocenters. The van der Waals surface area contributed by atoms with Gasteiger partial charge in [-0.25, -0.2) is 4.79 Å². The number of likely N-dealkylation sites (tertiary alicyclic amines) is 1. The maximum absolute atomic E-state index is 12.0. The van der Waals surface area contributed by atoms with Gasteiger partial charge in [0.15, 0.2) is 0 Å². The van der Waals surface area contributed by atoms with Crippen LogP contribution in [-0.2, 0) is 9.59 Å². The summed E-state index contributed by atoms with van der Waals surface area (Å²) in [5.74, 6) is -1.91. The third-order valence-corrected chi connectivity index (χ3v) is 3.72. The van der Waals surface area contributed by atoms with Gasteiger partial charge in [-0.05, 0) is 18.6 Å². The number of nitrogens with zero attached hydrogens (tertiary/aromatic N) is 1. The van der Waals surface area contributed by atoms with E-state index in [1.807, 2.05) is 0 Å². The van der Waals surface area contributed by atoms with Crippen molar-refractivity contribution in [3.8, 4) is 0 Å². The molecule has 1 aromatic rings. The Kier molecular flexibility index (Phi) is 4.69. The first-order valence-electron chi connectivity index (χ1n) is 6.19. The van der Waals surface area contributed by atoms with E-state index in [0.29, 0.717) is 19.4 Å². The molecule has 2 rings (SSSR count). The summed E-state index contributed by atoms with van der Waals surface area (Å²) in [5.41, 5.74) is -0.335. The maximum Gasteiger partial charge on any atom is 0.339 e. The predicted octanol–water partition coefficient (Wildman–Crippen LogP) is 2.25. The molecule has 0 atom stereocenters. The van der Waals surface area contributed by atoms with Gasteiger partial charge in [0.1, 0.15) is 5.56 Å². The Morgan fingerprint density at radius 1 is 1.29 bits per heavy atom. The van der Waals surface area contributed by atoms with Gasteiger partial charge in [-0.15, -0.1) is 0 Å². The van der Waals surface area contributed by atoms with Crippen LogP contribution in [0.1, 0.15) is 23.2 Å². The van der Waals surface area contributed by atoms with Gasteiger partial charge < -0.3 is 15.3 Å². The molecule has 1 saturated heterocycles. The number of halogens is 2. The van der Waals surface area contributed by atoms with Crippen LogP contribution in [0.4, 0.5) is 5.69 Å². The largest absolute Gasteiger partial charge is 0.478 e. The summed E-state index contributed by atoms with van der Waals surface area (Å²) in [7, 11) is 0. The van der Waals surface area contributed by atoms with Crippen molar-refractivity contribution in [3.63, 3.8) is 0 Å². The summed E-state index contributed by atoms with van der Waals surface area (Å²) in [5, 5.41) is 11.6. The Bertz CT molecular complexity index is 618. The molecule has 112 valence electrons. The Hall–Kier alpha value is -1.79. The van der Waals surface area contributed by atoms with E-state index in [-0.39, 0.29) is 33.7 Å². The van der Waals surface area contributed by atoms with Gasteiger partial charge >= 0.3 is 5.97 Å². The summed E-state index contributed by atoms with van der Waals surface area (Å²) < 4.78 is 0. The highest BCUT2D eigenvalue weighted by molar-refractivity contribution is 6.38. The fourth-order valence-electron chi connectivity index (χ4n) is 2.11. The van der Waals surface area contributed by atoms with Gasteiger partial charge in [0.2, 0.25) is 11.8 Å². The van der Waals surface area contributed by atoms with Crippen LogP contribution >= 0.6 is 23.2 Å². The number of carbonyl (C=O) groups excluding carboxylic acids is 2. The van der Waals surface area contributed by atoms with Crippen molar-refractivity contribution in [2.24, 2.45) is 0 Å². The lowest BCUT2D eigenvalue weighted by molar-refractivity contribution is -0.131. The smallest absolute Gasteiger partial charge is 0.339 e. The van der Waals surface area contributed by atoms with Crippen LogP contribution < -0.4 is 5.32 Å². The summed E-state index contributed by atoms with van der Waals surface area (Å²) in [6, 6.07) is 2.74. The van der Waals surface area contributed by atoms with E-state index in [4.69, 9.17) is 28.3 Å². The predicted molar refractivity (Wildman–Crippen MR) is 77.9 cm³/mol. The van der Waals surface area contributed by atoms with Gasteiger partial charge in [0.25, 0.3) is 0 Å². The molecule has 6 nitrogen and oxygen atoms in total. The van der Waals surface area contributed by atoms with Crippen LogP contribution in [-0.4, -0.2) is 40.9 Å². The topological polar surface area (TPSA) is 86.7 Å². The summed E-state index contributed by atoms with van der Waals surface area (Å²) in [6.07, 6.45) is 1.13. The van der Waals surface area contributed by atoms with Crippen LogP contribution in [0.25, 0.3) is 0 Å². The standard InChI is InChI=1S/C13H12Cl2N2O4/c14-7-3-4-8(15)12(11(7)13(20)21)16-9(18)6-17-5-1-2-10(17)19/h3-4H,1-2,5-6H2,(H,16,18)(H,20,21). The molecular formula is C13H12Cl2N2O4. The van der Waals surface area contributed by atoms with E-state index < -0.39 is 11.9 Å². The molecule has 0 aromatic heterocycles. The molecule has 1 aliphatic heterocycles. The maximum atomic E-state index is 12.0. The van der Waals surface area contributed by atoms with Crippen molar-refractivity contribution in [3.05, 3.63) is 27.7 Å². The molecule has 1 fully saturated rings. The summed E-state index contributed by atoms with van der Waals surface area (Å²) >= 11 is 11.7. The van der Waals surface area contributed by atoms with Gasteiger partial charge in [-0.3, -0.25) is 9.59 Å². The lowest BCUT2D eigenvalue weighted by atomic mass is 10.1. The lowest BCUT2D eigenvalue weighted by Crippen LogP contribution is -2.34. The first-order valence-corrected chi connectivity index (χ1v) is 6.94. The number of hydrogen-bond donors (Lipinski definition) is 2. The quantitative estimate of drug-likeness (QED) is 0.886. The molecule has 0 saturated carbocycles. The zero-order valence-corrected chi connectivity index (χ0v) is 12.4. The molecule has 8 heteroatoms. The third-order valence-electron chi connectivity index (χ3n) is 3.09. The molecule has 0 aliphatic carbocycles. The fourth-order valence-corrected chi connectivity index (χ4v) is 2.55. The normalized spacial score (nSPS) is 14.4. The van der Waals surface area contributed by atoms with E-state index in [2.05, 4.69) is 5.32 Å². The highest BCUT2D eigenvalue weighted by Gasteiger charge is 2.24. The van der Waals surface area contributed by atoms with Crippen molar-refractivity contribution in [2.75, 3.05) is 18.4 Å². The second-order valence-corrected chi connectivity index (χ2v) is 5.37. The van der Waals surface area contributed by atoms with Crippen LogP contribution in [0.3, 0.4) is 0 Å². The molecule has 1 heterocycles. The number of hydrogen-bond acceptors (Lipinski definition) is 3. The molecule has 2 amide bonds. The molecule has 2 N–H and O–H groups in total. The fraction of sp³-hybridized carbons (Fsp3) is 0.308. The van der Waals surface area contributed by atoms with Crippen LogP contribution in [0.2, 0.25) is 10.0 Å². The zero-order valence-electron chi connectivity index (χ0n) is 10.9. The van der Waals surface area contributed by atoms with Crippen molar-refractivity contribution in [1.29, 1.82) is 0 Å². The Morgan fingerprint density at radius 3 is 2.52 bits per heavy atom. The minimum Gasteiger partial charge on any atom is -0.478 e. The highest BCUT2D eigenvalue weighted by atomic mass is 35.5. The number of carboxylic acid groups (broad SMARTS) is 1. The SMILES string of the molecule is O=C(CN1CCCC1=O)Nc1c(Cl)ccc(Cl)c1C(=O)O. The summed E-state index contributed by atoms with van der Waals surface area (Å²) in [4.78, 5) is 36.0. The van der Waals surface area contributed by atoms with Crippen molar-refractivity contribution in [2.45, 2.75) is 12.8 Å². The number of aromatic carboxylic acids is 1. The average Bonchev–Trinajstić information content (AvgIpc) is 2.79. The number of nitrogens with one attached hydrogen (secondary N) is 1. The molecule has 1 aliphatic rings. The van der Waals surface area contributed by atoms with Crippen LogP contribution in [0.5, 0.6) is 0 Å². The third kappa shape index (κ3) is 3.46. The lowest BCUT2D eigenvalue weighted by Gasteiger charge is -2.16. The first kappa shape index (κ1) is 15.6. The van der Waals surface area contributed by atoms with Gasteiger partial charge in [0, 0.05) is 13.0 Å². The zero-order chi connectivity index (χ0) is 15.6. The average molecular weight is 331 g/mol. The molecule has 1 aromatic carbocycles. The second-order valence-electron chi connectivity index (χ2n) is 4.55. The Balaban J connectivity index is 2.19. The van der Waals surface area contributed by atoms with Gasteiger partial charge in [0.05, 0.1) is 22.3 Å². The second kappa shape index (κ2) is 6.32. The number of rotatable bonds is 4. The van der Waals surface area contributed by atoms with Gasteiger partial charge in [-0.2, -0.15) is 0 Å².